The first-order valence-corrected chi connectivity index (χ1v) is 8.75. The molecule has 3 heterocycles. The third-order valence-electron chi connectivity index (χ3n) is 4.30. The molecule has 0 aromatic carbocycles. The van der Waals surface area contributed by atoms with E-state index in [-0.39, 0.29) is 24.0 Å². The average molecular weight is 421 g/mol. The molecule has 0 aliphatic heterocycles. The van der Waals surface area contributed by atoms with E-state index in [9.17, 15) is 18.0 Å². The van der Waals surface area contributed by atoms with Crippen LogP contribution in [-0.2, 0) is 11.0 Å². The fourth-order valence-corrected chi connectivity index (χ4v) is 2.38. The highest BCUT2D eigenvalue weighted by Crippen LogP contribution is 2.29. The molecule has 2 N–H and O–H groups in total. The highest BCUT2D eigenvalue weighted by molar-refractivity contribution is 5.73. The molecule has 0 saturated carbocycles. The van der Waals surface area contributed by atoms with Gasteiger partial charge in [-0.15, -0.1) is 0 Å². The van der Waals surface area contributed by atoms with Crippen LogP contribution in [0.4, 0.5) is 13.2 Å². The van der Waals surface area contributed by atoms with E-state index in [0.29, 0.717) is 17.5 Å². The Balaban J connectivity index is 1.76. The number of pyridine rings is 1. The molecular weight excluding hydrogens is 403 g/mol. The third kappa shape index (κ3) is 4.56. The van der Waals surface area contributed by atoms with Crippen LogP contribution in [0.2, 0.25) is 0 Å². The first-order valence-electron chi connectivity index (χ1n) is 8.75. The zero-order valence-electron chi connectivity index (χ0n) is 16.3. The minimum Gasteiger partial charge on any atom is -0.481 e. The van der Waals surface area contributed by atoms with Crippen LogP contribution in [0.15, 0.2) is 30.9 Å². The number of ether oxygens (including phenoxy) is 1. The number of hydrogen-bond acceptors (Lipinski definition) is 6. The van der Waals surface area contributed by atoms with Crippen LogP contribution in [0.25, 0.3) is 22.8 Å². The summed E-state index contributed by atoms with van der Waals surface area (Å²) in [6.07, 6.45) is 0.405. The van der Waals surface area contributed by atoms with Gasteiger partial charge in [0.2, 0.25) is 5.88 Å². The molecule has 0 atom stereocenters. The van der Waals surface area contributed by atoms with Gasteiger partial charge in [-0.1, -0.05) is 0 Å². The van der Waals surface area contributed by atoms with Gasteiger partial charge < -0.3 is 14.8 Å². The lowest BCUT2D eigenvalue weighted by molar-refractivity contribution is -0.148. The van der Waals surface area contributed by atoms with Crippen LogP contribution in [0.1, 0.15) is 25.1 Å². The van der Waals surface area contributed by atoms with Crippen molar-refractivity contribution in [3.63, 3.8) is 0 Å². The summed E-state index contributed by atoms with van der Waals surface area (Å²) in [6.45, 7) is 4.84. The summed E-state index contributed by atoms with van der Waals surface area (Å²) >= 11 is 0. The lowest BCUT2D eigenvalue weighted by atomic mass is 9.95. The number of aliphatic carboxylic acids is 1. The molecule has 0 bridgehead atoms. The van der Waals surface area contributed by atoms with Crippen molar-refractivity contribution >= 4 is 5.97 Å². The lowest BCUT2D eigenvalue weighted by Gasteiger charge is -2.19. The topological polar surface area (TPSA) is 114 Å². The molecule has 3 rings (SSSR count). The molecule has 0 spiro atoms. The summed E-state index contributed by atoms with van der Waals surface area (Å²) in [5.74, 6) is -0.753. The molecular formula is C19H18F3N5O3. The predicted molar refractivity (Wildman–Crippen MR) is 99.5 cm³/mol. The molecule has 30 heavy (non-hydrogen) atoms. The molecule has 0 amide bonds. The first-order chi connectivity index (χ1) is 14.0. The maximum Gasteiger partial charge on any atom is 0.432 e. The van der Waals surface area contributed by atoms with Gasteiger partial charge in [-0.2, -0.15) is 13.2 Å². The van der Waals surface area contributed by atoms with Crippen molar-refractivity contribution in [1.29, 1.82) is 0 Å². The fourth-order valence-electron chi connectivity index (χ4n) is 2.38. The number of halogens is 3. The Labute approximate surface area is 169 Å². The van der Waals surface area contributed by atoms with Gasteiger partial charge in [0.15, 0.2) is 5.82 Å². The monoisotopic (exact) mass is 421 g/mol. The summed E-state index contributed by atoms with van der Waals surface area (Å²) < 4.78 is 43.5. The number of aryl methyl sites for hydroxylation is 1. The molecule has 0 aliphatic rings. The fraction of sp³-hybridized carbons (Fsp3) is 0.316. The van der Waals surface area contributed by atoms with Gasteiger partial charge in [0, 0.05) is 17.8 Å². The Bertz CT molecular complexity index is 1060. The smallest absolute Gasteiger partial charge is 0.432 e. The lowest BCUT2D eigenvalue weighted by Crippen LogP contribution is -2.30. The Morgan fingerprint density at radius 1 is 1.07 bits per heavy atom. The molecule has 0 saturated heterocycles. The van der Waals surface area contributed by atoms with Crippen molar-refractivity contribution < 1.29 is 27.8 Å². The van der Waals surface area contributed by atoms with E-state index in [1.54, 1.807) is 26.8 Å². The number of aromatic amines is 1. The molecule has 0 unspecified atom stereocenters. The van der Waals surface area contributed by atoms with E-state index in [1.165, 1.54) is 18.6 Å². The predicted octanol–water partition coefficient (Wildman–Crippen LogP) is 3.75. The number of H-pyrrole nitrogens is 1. The van der Waals surface area contributed by atoms with Crippen molar-refractivity contribution in [3.05, 3.63) is 42.1 Å². The Hall–Kier alpha value is -3.50. The van der Waals surface area contributed by atoms with E-state index in [4.69, 9.17) is 9.84 Å². The van der Waals surface area contributed by atoms with Gasteiger partial charge in [0.1, 0.15) is 18.0 Å². The number of aromatic nitrogens is 5. The average Bonchev–Trinajstić information content (AvgIpc) is 3.17. The normalized spacial score (nSPS) is 12.1. The summed E-state index contributed by atoms with van der Waals surface area (Å²) in [5, 5.41) is 9.13. The second kappa shape index (κ2) is 7.73. The van der Waals surface area contributed by atoms with Crippen molar-refractivity contribution in [2.24, 2.45) is 5.41 Å². The summed E-state index contributed by atoms with van der Waals surface area (Å²) in [4.78, 5) is 29.5. The van der Waals surface area contributed by atoms with Gasteiger partial charge in [-0.3, -0.25) is 9.78 Å². The molecule has 3 aromatic rings. The molecule has 0 radical (unpaired) electrons. The van der Waals surface area contributed by atoms with Crippen LogP contribution in [0.5, 0.6) is 5.88 Å². The van der Waals surface area contributed by atoms with Gasteiger partial charge in [-0.25, -0.2) is 15.0 Å². The van der Waals surface area contributed by atoms with Crippen LogP contribution in [0, 0.1) is 12.3 Å². The number of alkyl halides is 3. The van der Waals surface area contributed by atoms with E-state index in [0.717, 1.165) is 5.56 Å². The van der Waals surface area contributed by atoms with Crippen LogP contribution in [-0.4, -0.2) is 42.6 Å². The molecule has 3 aromatic heterocycles. The molecule has 0 aliphatic carbocycles. The zero-order valence-corrected chi connectivity index (χ0v) is 16.3. The quantitative estimate of drug-likeness (QED) is 0.623. The van der Waals surface area contributed by atoms with Crippen molar-refractivity contribution in [2.75, 3.05) is 6.61 Å². The Kier molecular flexibility index (Phi) is 5.47. The third-order valence-corrected chi connectivity index (χ3v) is 4.30. The highest BCUT2D eigenvalue weighted by Gasteiger charge is 2.33. The van der Waals surface area contributed by atoms with E-state index in [2.05, 4.69) is 24.9 Å². The highest BCUT2D eigenvalue weighted by atomic mass is 19.4. The van der Waals surface area contributed by atoms with E-state index >= 15 is 0 Å². The summed E-state index contributed by atoms with van der Waals surface area (Å²) in [5.41, 5.74) is -0.000602. The van der Waals surface area contributed by atoms with E-state index in [1.807, 2.05) is 0 Å². The van der Waals surface area contributed by atoms with Gasteiger partial charge in [0.05, 0.1) is 29.7 Å². The number of carbonyl (C=O) groups is 1. The number of imidazole rings is 1. The van der Waals surface area contributed by atoms with Crippen molar-refractivity contribution in [2.45, 2.75) is 26.9 Å². The summed E-state index contributed by atoms with van der Waals surface area (Å²) in [6, 6.07) is 1.64. The van der Waals surface area contributed by atoms with Gasteiger partial charge in [-0.05, 0) is 26.3 Å². The molecule has 11 heteroatoms. The Morgan fingerprint density at radius 2 is 1.73 bits per heavy atom. The SMILES string of the molecule is Cc1cc(OCC(C)(C)C(=O)O)ncc1-c1cnc(-c2ncc(C(F)(F)F)[nH]2)cn1. The number of hydrogen-bond donors (Lipinski definition) is 2. The number of nitrogens with one attached hydrogen (secondary N) is 1. The van der Waals surface area contributed by atoms with Gasteiger partial charge in [0.25, 0.3) is 0 Å². The molecule has 158 valence electrons. The van der Waals surface area contributed by atoms with Gasteiger partial charge >= 0.3 is 12.1 Å². The second-order valence-electron chi connectivity index (χ2n) is 7.25. The standard InChI is InChI=1S/C19H18F3N5O3/c1-10-4-15(30-9-18(2,3)17(28)29)25-5-11(10)12-6-24-13(7-23-12)16-26-8-14(27-16)19(20,21)22/h4-8H,9H2,1-3H3,(H,26,27)(H,28,29). The Morgan fingerprint density at radius 3 is 2.27 bits per heavy atom. The largest absolute Gasteiger partial charge is 0.481 e. The minimum atomic E-state index is -4.52. The van der Waals surface area contributed by atoms with E-state index < -0.39 is 23.3 Å². The summed E-state index contributed by atoms with van der Waals surface area (Å²) in [7, 11) is 0. The number of carboxylic acid groups (broad SMARTS) is 1. The first kappa shape index (κ1) is 21.2. The van der Waals surface area contributed by atoms with Crippen LogP contribution >= 0.6 is 0 Å². The second-order valence-corrected chi connectivity index (χ2v) is 7.25. The number of carboxylic acids is 1. The van der Waals surface area contributed by atoms with Crippen molar-refractivity contribution in [1.82, 2.24) is 24.9 Å². The van der Waals surface area contributed by atoms with Crippen LogP contribution < -0.4 is 4.74 Å². The molecule has 8 nitrogen and oxygen atoms in total. The minimum absolute atomic E-state index is 0.0407. The maximum atomic E-state index is 12.7. The number of nitrogens with zero attached hydrogens (tertiary/aromatic N) is 4. The van der Waals surface area contributed by atoms with Crippen molar-refractivity contribution in [3.8, 4) is 28.7 Å². The molecule has 0 fully saturated rings. The van der Waals surface area contributed by atoms with Crippen LogP contribution in [0.3, 0.4) is 0 Å². The number of rotatable bonds is 6. The maximum absolute atomic E-state index is 12.7. The zero-order chi connectivity index (χ0) is 22.1.